The van der Waals surface area contributed by atoms with Gasteiger partial charge in [0.05, 0.1) is 5.60 Å². The molecule has 6 nitrogen and oxygen atoms in total. The zero-order chi connectivity index (χ0) is 22.0. The molecule has 7 atom stereocenters. The van der Waals surface area contributed by atoms with E-state index in [4.69, 9.17) is 10.5 Å². The van der Waals surface area contributed by atoms with Crippen LogP contribution >= 0.6 is 12.4 Å². The highest BCUT2D eigenvalue weighted by Crippen LogP contribution is 2.69. The number of fused-ring (bicyclic) bond motifs is 5. The molecule has 4 fully saturated rings. The number of esters is 1. The summed E-state index contributed by atoms with van der Waals surface area (Å²) in [5.41, 5.74) is 7.62. The molecule has 0 saturated heterocycles. The highest BCUT2D eigenvalue weighted by molar-refractivity contribution is 5.97. The van der Waals surface area contributed by atoms with Crippen LogP contribution in [0.15, 0.2) is 21.6 Å². The van der Waals surface area contributed by atoms with Gasteiger partial charge in [0.1, 0.15) is 6.61 Å². The first-order valence-corrected chi connectivity index (χ1v) is 12.1. The van der Waals surface area contributed by atoms with E-state index in [1.165, 1.54) is 12.1 Å². The van der Waals surface area contributed by atoms with Crippen molar-refractivity contribution in [2.45, 2.75) is 77.2 Å². The summed E-state index contributed by atoms with van der Waals surface area (Å²) in [6.45, 7) is 5.18. The van der Waals surface area contributed by atoms with Crippen LogP contribution in [-0.2, 0) is 9.53 Å². The number of carbonyl (C=O) groups is 1. The number of nitrogens with two attached hydrogens (primary N) is 1. The summed E-state index contributed by atoms with van der Waals surface area (Å²) in [5.74, 6) is 1.94. The third-order valence-electron chi connectivity index (χ3n) is 10.3. The van der Waals surface area contributed by atoms with Gasteiger partial charge in [-0.15, -0.1) is 12.4 Å². The van der Waals surface area contributed by atoms with Gasteiger partial charge < -0.3 is 15.6 Å². The Balaban J connectivity index is 0.00000245. The van der Waals surface area contributed by atoms with Crippen LogP contribution in [0, 0.1) is 34.5 Å². The number of hydrogen-bond acceptors (Lipinski definition) is 4. The van der Waals surface area contributed by atoms with Crippen molar-refractivity contribution < 1.29 is 14.6 Å². The second kappa shape index (κ2) is 8.12. The van der Waals surface area contributed by atoms with E-state index in [0.717, 1.165) is 56.9 Å². The standard InChI is InChI=1S/C25H37N3O3.ClH/c1-23-9-6-17(28-22(26)27-3)13-16(23)4-5-20-19(23)7-10-24(2)18(8-11-25(20,24)30)15-12-21(29)31-14-15;/h12,16,18-20,30H,4-11,13-14H2,1-3H3,(H2,26,27);1H/b28-17+;/t16-,18-,19+,20-,23+,24-,25+;/m1./s1. The first-order valence-electron chi connectivity index (χ1n) is 12.1. The smallest absolute Gasteiger partial charge is 0.331 e. The van der Waals surface area contributed by atoms with E-state index in [-0.39, 0.29) is 35.1 Å². The topological polar surface area (TPSA) is 97.3 Å². The third kappa shape index (κ3) is 3.27. The molecule has 5 rings (SSSR count). The molecule has 1 aliphatic heterocycles. The molecule has 5 aliphatic rings. The van der Waals surface area contributed by atoms with Gasteiger partial charge in [-0.25, -0.2) is 9.79 Å². The first kappa shape index (κ1) is 23.7. The summed E-state index contributed by atoms with van der Waals surface area (Å²) in [4.78, 5) is 20.3. The van der Waals surface area contributed by atoms with Gasteiger partial charge in [-0.3, -0.25) is 4.99 Å². The molecule has 0 amide bonds. The second-order valence-corrected chi connectivity index (χ2v) is 11.3. The number of halogens is 1. The van der Waals surface area contributed by atoms with Crippen molar-refractivity contribution >= 4 is 30.0 Å². The number of carbonyl (C=O) groups excluding carboxylic acids is 1. The van der Waals surface area contributed by atoms with E-state index in [2.05, 4.69) is 23.8 Å². The number of ether oxygens (including phenoxy) is 1. The van der Waals surface area contributed by atoms with Crippen molar-refractivity contribution in [2.75, 3.05) is 13.7 Å². The van der Waals surface area contributed by atoms with E-state index in [1.807, 2.05) is 0 Å². The first-order chi connectivity index (χ1) is 14.7. The summed E-state index contributed by atoms with van der Waals surface area (Å²) >= 11 is 0. The summed E-state index contributed by atoms with van der Waals surface area (Å²) in [6, 6.07) is 0. The fraction of sp³-hybridized carbons (Fsp3) is 0.800. The average molecular weight is 464 g/mol. The van der Waals surface area contributed by atoms with E-state index >= 15 is 0 Å². The van der Waals surface area contributed by atoms with Crippen molar-refractivity contribution in [1.82, 2.24) is 0 Å². The zero-order valence-corrected chi connectivity index (χ0v) is 20.4. The molecule has 4 aliphatic carbocycles. The van der Waals surface area contributed by atoms with Crippen molar-refractivity contribution in [1.29, 1.82) is 0 Å². The van der Waals surface area contributed by atoms with Gasteiger partial charge in [0, 0.05) is 24.3 Å². The van der Waals surface area contributed by atoms with E-state index in [1.54, 1.807) is 13.1 Å². The fourth-order valence-corrected chi connectivity index (χ4v) is 8.53. The van der Waals surface area contributed by atoms with Gasteiger partial charge in [-0.05, 0) is 92.4 Å². The van der Waals surface area contributed by atoms with Crippen LogP contribution in [-0.4, -0.2) is 42.0 Å². The van der Waals surface area contributed by atoms with Gasteiger partial charge in [0.25, 0.3) is 0 Å². The van der Waals surface area contributed by atoms with Crippen molar-refractivity contribution in [2.24, 2.45) is 50.2 Å². The molecule has 32 heavy (non-hydrogen) atoms. The predicted molar refractivity (Wildman–Crippen MR) is 128 cm³/mol. The number of rotatable bonds is 1. The summed E-state index contributed by atoms with van der Waals surface area (Å²) in [6.07, 6.45) is 11.0. The van der Waals surface area contributed by atoms with Crippen molar-refractivity contribution in [3.8, 4) is 0 Å². The van der Waals surface area contributed by atoms with Gasteiger partial charge in [0.2, 0.25) is 5.96 Å². The molecule has 0 unspecified atom stereocenters. The minimum absolute atomic E-state index is 0. The van der Waals surface area contributed by atoms with Crippen LogP contribution in [0.4, 0.5) is 0 Å². The van der Waals surface area contributed by atoms with Crippen LogP contribution in [0.2, 0.25) is 0 Å². The van der Waals surface area contributed by atoms with E-state index in [0.29, 0.717) is 30.3 Å². The van der Waals surface area contributed by atoms with Crippen molar-refractivity contribution in [3.63, 3.8) is 0 Å². The Kier molecular flexibility index (Phi) is 6.03. The minimum Gasteiger partial charge on any atom is -0.458 e. The van der Waals surface area contributed by atoms with Crippen LogP contribution < -0.4 is 5.73 Å². The molecule has 0 aromatic heterocycles. The lowest BCUT2D eigenvalue weighted by atomic mass is 9.43. The highest BCUT2D eigenvalue weighted by atomic mass is 35.5. The molecule has 0 aromatic rings. The van der Waals surface area contributed by atoms with Gasteiger partial charge in [0.15, 0.2) is 0 Å². The zero-order valence-electron chi connectivity index (χ0n) is 19.6. The highest BCUT2D eigenvalue weighted by Gasteiger charge is 2.67. The number of aliphatic imine (C=N–C) groups is 2. The molecule has 1 heterocycles. The molecule has 178 valence electrons. The molecule has 4 saturated carbocycles. The monoisotopic (exact) mass is 463 g/mol. The summed E-state index contributed by atoms with van der Waals surface area (Å²) < 4.78 is 5.23. The minimum atomic E-state index is -0.644. The van der Waals surface area contributed by atoms with Crippen LogP contribution in [0.3, 0.4) is 0 Å². The number of aliphatic hydroxyl groups is 1. The Bertz CT molecular complexity index is 886. The maximum Gasteiger partial charge on any atom is 0.331 e. The Labute approximate surface area is 197 Å². The average Bonchev–Trinajstić information content (AvgIpc) is 3.28. The molecule has 3 N–H and O–H groups in total. The Morgan fingerprint density at radius 3 is 2.62 bits per heavy atom. The Morgan fingerprint density at radius 1 is 1.16 bits per heavy atom. The van der Waals surface area contributed by atoms with Gasteiger partial charge >= 0.3 is 5.97 Å². The third-order valence-corrected chi connectivity index (χ3v) is 10.3. The quantitative estimate of drug-likeness (QED) is 0.348. The van der Waals surface area contributed by atoms with Gasteiger partial charge in [-0.2, -0.15) is 0 Å². The molecule has 7 heteroatoms. The molecular weight excluding hydrogens is 426 g/mol. The molecule has 0 spiro atoms. The Morgan fingerprint density at radius 2 is 1.94 bits per heavy atom. The Hall–Kier alpha value is -1.40. The lowest BCUT2D eigenvalue weighted by molar-refractivity contribution is -0.200. The van der Waals surface area contributed by atoms with Gasteiger partial charge in [-0.1, -0.05) is 13.8 Å². The fourth-order valence-electron chi connectivity index (χ4n) is 8.53. The summed E-state index contributed by atoms with van der Waals surface area (Å²) in [7, 11) is 1.69. The maximum absolute atomic E-state index is 12.3. The number of nitrogens with zero attached hydrogens (tertiary/aromatic N) is 2. The van der Waals surface area contributed by atoms with Crippen LogP contribution in [0.1, 0.15) is 71.6 Å². The molecule has 0 bridgehead atoms. The normalized spacial score (nSPS) is 47.1. The number of guanidine groups is 1. The maximum atomic E-state index is 12.3. The van der Waals surface area contributed by atoms with E-state index in [9.17, 15) is 9.90 Å². The molecule has 0 aromatic carbocycles. The number of hydrogen-bond donors (Lipinski definition) is 2. The molecular formula is C25H38ClN3O3. The SMILES string of the molecule is CN=C(N)/N=C1\CC[C@@]2(C)[C@H](CC[C@@H]3[C@@H]2CC[C@]2(C)[C@@H](C4=CC(=O)OC4)CC[C@]32O)C1.Cl. The van der Waals surface area contributed by atoms with Crippen LogP contribution in [0.5, 0.6) is 0 Å². The second-order valence-electron chi connectivity index (χ2n) is 11.3. The van der Waals surface area contributed by atoms with E-state index < -0.39 is 5.60 Å². The number of cyclic esters (lactones) is 1. The van der Waals surface area contributed by atoms with Crippen molar-refractivity contribution in [3.05, 3.63) is 11.6 Å². The lowest BCUT2D eigenvalue weighted by Crippen LogP contribution is -2.62. The lowest BCUT2D eigenvalue weighted by Gasteiger charge is -2.63. The summed E-state index contributed by atoms with van der Waals surface area (Å²) in [5, 5.41) is 12.3. The largest absolute Gasteiger partial charge is 0.458 e. The van der Waals surface area contributed by atoms with Crippen LogP contribution in [0.25, 0.3) is 0 Å². The predicted octanol–water partition coefficient (Wildman–Crippen LogP) is 4.05. The molecule has 0 radical (unpaired) electrons.